The van der Waals surface area contributed by atoms with Crippen LogP contribution in [0.15, 0.2) is 16.5 Å². The third-order valence-corrected chi connectivity index (χ3v) is 4.53. The molecule has 1 amide bonds. The van der Waals surface area contributed by atoms with Crippen molar-refractivity contribution in [3.63, 3.8) is 0 Å². The predicted octanol–water partition coefficient (Wildman–Crippen LogP) is 2.01. The molecule has 0 unspecified atom stereocenters. The number of hydrogen-bond donors (Lipinski definition) is 1. The number of carbonyl (C=O) groups is 2. The molecule has 2 fully saturated rings. The average molecular weight is 293 g/mol. The second kappa shape index (κ2) is 5.52. The largest absolute Gasteiger partial charge is 0.475 e. The molecule has 0 atom stereocenters. The van der Waals surface area contributed by atoms with E-state index in [1.165, 1.54) is 12.1 Å². The summed E-state index contributed by atoms with van der Waals surface area (Å²) in [5.41, 5.74) is 0.161. The van der Waals surface area contributed by atoms with E-state index in [1.54, 1.807) is 4.90 Å². The fourth-order valence-corrected chi connectivity index (χ4v) is 3.32. The number of piperidine rings is 1. The third-order valence-electron chi connectivity index (χ3n) is 4.53. The van der Waals surface area contributed by atoms with Gasteiger partial charge in [-0.15, -0.1) is 0 Å². The van der Waals surface area contributed by atoms with Crippen molar-refractivity contribution in [1.29, 1.82) is 0 Å². The molecule has 114 valence electrons. The van der Waals surface area contributed by atoms with E-state index in [2.05, 4.69) is 0 Å². The van der Waals surface area contributed by atoms with Crippen molar-refractivity contribution in [2.75, 3.05) is 26.3 Å². The molecule has 6 heteroatoms. The minimum Gasteiger partial charge on any atom is -0.475 e. The molecule has 21 heavy (non-hydrogen) atoms. The molecule has 2 saturated heterocycles. The van der Waals surface area contributed by atoms with Crippen LogP contribution in [0, 0.1) is 5.41 Å². The minimum absolute atomic E-state index is 0.108. The van der Waals surface area contributed by atoms with Crippen LogP contribution >= 0.6 is 0 Å². The zero-order valence-corrected chi connectivity index (χ0v) is 11.8. The van der Waals surface area contributed by atoms with Crippen LogP contribution in [0.4, 0.5) is 0 Å². The van der Waals surface area contributed by atoms with Crippen molar-refractivity contribution in [3.8, 4) is 0 Å². The highest BCUT2D eigenvalue weighted by Gasteiger charge is 2.39. The number of likely N-dealkylation sites (tertiary alicyclic amines) is 1. The standard InChI is InChI=1S/C15H19NO5/c17-13(11-2-3-12(21-11)14(18)19)16-7-1-4-15(10-16)5-8-20-9-6-15/h2-3H,1,4-10H2,(H,18,19). The van der Waals surface area contributed by atoms with E-state index in [0.29, 0.717) is 13.1 Å². The van der Waals surface area contributed by atoms with Crippen molar-refractivity contribution in [1.82, 2.24) is 4.90 Å². The monoisotopic (exact) mass is 293 g/mol. The Morgan fingerprint density at radius 1 is 1.14 bits per heavy atom. The molecular formula is C15H19NO5. The summed E-state index contributed by atoms with van der Waals surface area (Å²) in [6.07, 6.45) is 4.06. The second-order valence-corrected chi connectivity index (χ2v) is 5.91. The van der Waals surface area contributed by atoms with E-state index in [9.17, 15) is 9.59 Å². The summed E-state index contributed by atoms with van der Waals surface area (Å²) in [7, 11) is 0. The van der Waals surface area contributed by atoms with Crippen LogP contribution in [0.3, 0.4) is 0 Å². The number of furan rings is 1. The van der Waals surface area contributed by atoms with E-state index in [0.717, 1.165) is 38.9 Å². The summed E-state index contributed by atoms with van der Waals surface area (Å²) < 4.78 is 10.5. The number of carboxylic acid groups (broad SMARTS) is 1. The fourth-order valence-electron chi connectivity index (χ4n) is 3.32. The topological polar surface area (TPSA) is 80.0 Å². The summed E-state index contributed by atoms with van der Waals surface area (Å²) in [5, 5.41) is 8.86. The SMILES string of the molecule is O=C(O)c1ccc(C(=O)N2CCCC3(CCOCC3)C2)o1. The number of aromatic carboxylic acids is 1. The Morgan fingerprint density at radius 3 is 2.52 bits per heavy atom. The van der Waals surface area contributed by atoms with Crippen LogP contribution in [0.1, 0.15) is 46.8 Å². The summed E-state index contributed by atoms with van der Waals surface area (Å²) in [5.74, 6) is -1.46. The fraction of sp³-hybridized carbons (Fsp3) is 0.600. The first-order valence-electron chi connectivity index (χ1n) is 7.30. The number of amides is 1. The Kier molecular flexibility index (Phi) is 3.71. The Hall–Kier alpha value is -1.82. The molecule has 0 radical (unpaired) electrons. The number of rotatable bonds is 2. The van der Waals surface area contributed by atoms with Crippen molar-refractivity contribution in [2.24, 2.45) is 5.41 Å². The maximum absolute atomic E-state index is 12.5. The lowest BCUT2D eigenvalue weighted by atomic mass is 9.74. The molecule has 1 aromatic rings. The van der Waals surface area contributed by atoms with Crippen LogP contribution in [-0.4, -0.2) is 48.2 Å². The second-order valence-electron chi connectivity index (χ2n) is 5.91. The van der Waals surface area contributed by atoms with Gasteiger partial charge in [0.05, 0.1) is 0 Å². The van der Waals surface area contributed by atoms with Gasteiger partial charge in [0.25, 0.3) is 5.91 Å². The molecule has 0 aliphatic carbocycles. The van der Waals surface area contributed by atoms with Gasteiger partial charge in [-0.2, -0.15) is 0 Å². The van der Waals surface area contributed by atoms with Gasteiger partial charge in [0.15, 0.2) is 5.76 Å². The maximum Gasteiger partial charge on any atom is 0.371 e. The first kappa shape index (κ1) is 14.1. The van der Waals surface area contributed by atoms with Gasteiger partial charge >= 0.3 is 5.97 Å². The molecular weight excluding hydrogens is 274 g/mol. The summed E-state index contributed by atoms with van der Waals surface area (Å²) in [4.78, 5) is 25.1. The highest BCUT2D eigenvalue weighted by atomic mass is 16.5. The van der Waals surface area contributed by atoms with Gasteiger partial charge in [0.1, 0.15) is 0 Å². The quantitative estimate of drug-likeness (QED) is 0.902. The van der Waals surface area contributed by atoms with Gasteiger partial charge in [-0.05, 0) is 43.2 Å². The van der Waals surface area contributed by atoms with E-state index in [1.807, 2.05) is 0 Å². The highest BCUT2D eigenvalue weighted by Crippen LogP contribution is 2.39. The Morgan fingerprint density at radius 2 is 1.86 bits per heavy atom. The molecule has 0 aromatic carbocycles. The minimum atomic E-state index is -1.16. The summed E-state index contributed by atoms with van der Waals surface area (Å²) in [6, 6.07) is 2.76. The number of carbonyl (C=O) groups excluding carboxylic acids is 1. The molecule has 1 spiro atoms. The van der Waals surface area contributed by atoms with Gasteiger partial charge in [-0.25, -0.2) is 4.79 Å². The van der Waals surface area contributed by atoms with Crippen molar-refractivity contribution in [2.45, 2.75) is 25.7 Å². The number of carboxylic acids is 1. The van der Waals surface area contributed by atoms with E-state index in [-0.39, 0.29) is 22.8 Å². The average Bonchev–Trinajstić information content (AvgIpc) is 2.97. The van der Waals surface area contributed by atoms with Gasteiger partial charge in [-0.3, -0.25) is 4.79 Å². The number of nitrogens with zero attached hydrogens (tertiary/aromatic N) is 1. The normalized spacial score (nSPS) is 21.4. The predicted molar refractivity (Wildman–Crippen MR) is 73.3 cm³/mol. The van der Waals surface area contributed by atoms with Crippen molar-refractivity contribution < 1.29 is 23.8 Å². The van der Waals surface area contributed by atoms with Crippen LogP contribution in [0.25, 0.3) is 0 Å². The van der Waals surface area contributed by atoms with E-state index >= 15 is 0 Å². The highest BCUT2D eigenvalue weighted by molar-refractivity contribution is 5.93. The summed E-state index contributed by atoms with van der Waals surface area (Å²) in [6.45, 7) is 2.92. The molecule has 6 nitrogen and oxygen atoms in total. The molecule has 0 saturated carbocycles. The van der Waals surface area contributed by atoms with Crippen LogP contribution < -0.4 is 0 Å². The lowest BCUT2D eigenvalue weighted by Gasteiger charge is -2.44. The van der Waals surface area contributed by atoms with Crippen molar-refractivity contribution in [3.05, 3.63) is 23.7 Å². The summed E-state index contributed by atoms with van der Waals surface area (Å²) >= 11 is 0. The van der Waals surface area contributed by atoms with E-state index < -0.39 is 5.97 Å². The number of ether oxygens (including phenoxy) is 1. The maximum atomic E-state index is 12.5. The molecule has 2 aliphatic rings. The van der Waals surface area contributed by atoms with E-state index in [4.69, 9.17) is 14.3 Å². The molecule has 3 rings (SSSR count). The lowest BCUT2D eigenvalue weighted by Crippen LogP contribution is -2.48. The molecule has 0 bridgehead atoms. The van der Waals surface area contributed by atoms with Gasteiger partial charge in [0, 0.05) is 26.3 Å². The smallest absolute Gasteiger partial charge is 0.371 e. The Bertz CT molecular complexity index is 539. The first-order chi connectivity index (χ1) is 10.1. The zero-order chi connectivity index (χ0) is 14.9. The van der Waals surface area contributed by atoms with Gasteiger partial charge in [-0.1, -0.05) is 0 Å². The first-order valence-corrected chi connectivity index (χ1v) is 7.30. The van der Waals surface area contributed by atoms with Gasteiger partial charge < -0.3 is 19.2 Å². The third kappa shape index (κ3) is 2.81. The van der Waals surface area contributed by atoms with Crippen LogP contribution in [0.2, 0.25) is 0 Å². The Balaban J connectivity index is 1.73. The number of hydrogen-bond acceptors (Lipinski definition) is 4. The van der Waals surface area contributed by atoms with Crippen LogP contribution in [-0.2, 0) is 4.74 Å². The molecule has 2 aliphatic heterocycles. The Labute approximate surface area is 122 Å². The van der Waals surface area contributed by atoms with Crippen LogP contribution in [0.5, 0.6) is 0 Å². The van der Waals surface area contributed by atoms with Crippen molar-refractivity contribution >= 4 is 11.9 Å². The lowest BCUT2D eigenvalue weighted by molar-refractivity contribution is -0.0235. The zero-order valence-electron chi connectivity index (χ0n) is 11.8. The molecule has 3 heterocycles. The van der Waals surface area contributed by atoms with Gasteiger partial charge in [0.2, 0.25) is 5.76 Å². The molecule has 1 N–H and O–H groups in total. The molecule has 1 aromatic heterocycles.